The van der Waals surface area contributed by atoms with Crippen molar-refractivity contribution < 1.29 is 18.7 Å². The molecule has 1 aromatic carbocycles. The summed E-state index contributed by atoms with van der Waals surface area (Å²) in [6, 6.07) is 2.45. The Morgan fingerprint density at radius 2 is 2.12 bits per heavy atom. The molecule has 0 saturated carbocycles. The van der Waals surface area contributed by atoms with Gasteiger partial charge in [0, 0.05) is 6.42 Å². The molecule has 17 heavy (non-hydrogen) atoms. The number of hydrogen-bond donors (Lipinski definition) is 2. The van der Waals surface area contributed by atoms with E-state index in [1.165, 1.54) is 19.2 Å². The average molecular weight is 240 g/mol. The lowest BCUT2D eigenvalue weighted by Crippen LogP contribution is -2.38. The summed E-state index contributed by atoms with van der Waals surface area (Å²) >= 11 is 0. The van der Waals surface area contributed by atoms with E-state index >= 15 is 0 Å². The molecule has 0 fully saturated rings. The molecule has 5 nitrogen and oxygen atoms in total. The monoisotopic (exact) mass is 240 g/mol. The van der Waals surface area contributed by atoms with Gasteiger partial charge >= 0.3 is 0 Å². The third-order valence-corrected chi connectivity index (χ3v) is 2.23. The van der Waals surface area contributed by atoms with Crippen molar-refractivity contribution in [2.75, 3.05) is 7.11 Å². The second-order valence-electron chi connectivity index (χ2n) is 3.48. The summed E-state index contributed by atoms with van der Waals surface area (Å²) in [5.74, 6) is -1.61. The topological polar surface area (TPSA) is 95.4 Å². The summed E-state index contributed by atoms with van der Waals surface area (Å²) in [5, 5.41) is 0. The molecule has 0 spiro atoms. The van der Waals surface area contributed by atoms with Crippen molar-refractivity contribution >= 4 is 11.7 Å². The first-order valence-electron chi connectivity index (χ1n) is 4.87. The lowest BCUT2D eigenvalue weighted by molar-refractivity contribution is -0.119. The molecule has 1 unspecified atom stereocenters. The third-order valence-electron chi connectivity index (χ3n) is 2.23. The predicted molar refractivity (Wildman–Crippen MR) is 59.1 cm³/mol. The fourth-order valence-corrected chi connectivity index (χ4v) is 1.31. The minimum absolute atomic E-state index is 0.0456. The number of methoxy groups -OCH3 is 1. The number of carbonyl (C=O) groups is 2. The molecule has 1 amide bonds. The minimum Gasteiger partial charge on any atom is -0.496 e. The molecule has 92 valence electrons. The first-order valence-corrected chi connectivity index (χ1v) is 4.87. The highest BCUT2D eigenvalue weighted by Crippen LogP contribution is 2.21. The van der Waals surface area contributed by atoms with Gasteiger partial charge in [-0.1, -0.05) is 0 Å². The van der Waals surface area contributed by atoms with Gasteiger partial charge in [0.05, 0.1) is 18.7 Å². The first kappa shape index (κ1) is 13.1. The van der Waals surface area contributed by atoms with E-state index in [-0.39, 0.29) is 17.7 Å². The Bertz CT molecular complexity index is 448. The standard InChI is InChI=1S/C11H13FN2O3/c1-17-10-3-2-6(12)4-7(10)9(15)5-8(13)11(14)16/h2-4,8H,5,13H2,1H3,(H2,14,16). The van der Waals surface area contributed by atoms with E-state index in [2.05, 4.69) is 0 Å². The molecule has 1 aromatic rings. The number of hydrogen-bond acceptors (Lipinski definition) is 4. The van der Waals surface area contributed by atoms with Crippen LogP contribution in [0.5, 0.6) is 5.75 Å². The van der Waals surface area contributed by atoms with E-state index in [1.54, 1.807) is 0 Å². The molecule has 0 radical (unpaired) electrons. The molecule has 0 aliphatic rings. The van der Waals surface area contributed by atoms with Crippen molar-refractivity contribution in [2.24, 2.45) is 11.5 Å². The normalized spacial score (nSPS) is 11.9. The number of ketones is 1. The molecular weight excluding hydrogens is 227 g/mol. The van der Waals surface area contributed by atoms with E-state index in [0.717, 1.165) is 6.07 Å². The fourth-order valence-electron chi connectivity index (χ4n) is 1.31. The lowest BCUT2D eigenvalue weighted by Gasteiger charge is -2.09. The van der Waals surface area contributed by atoms with Crippen molar-refractivity contribution in [3.05, 3.63) is 29.6 Å². The number of carbonyl (C=O) groups excluding carboxylic acids is 2. The van der Waals surface area contributed by atoms with Crippen LogP contribution >= 0.6 is 0 Å². The SMILES string of the molecule is COc1ccc(F)cc1C(=O)CC(N)C(N)=O. The molecule has 1 rings (SSSR count). The van der Waals surface area contributed by atoms with E-state index in [1.807, 2.05) is 0 Å². The van der Waals surface area contributed by atoms with Crippen LogP contribution in [0.2, 0.25) is 0 Å². The zero-order valence-electron chi connectivity index (χ0n) is 9.27. The van der Waals surface area contributed by atoms with E-state index in [9.17, 15) is 14.0 Å². The Morgan fingerprint density at radius 1 is 1.47 bits per heavy atom. The second-order valence-corrected chi connectivity index (χ2v) is 3.48. The number of amides is 1. The fraction of sp³-hybridized carbons (Fsp3) is 0.273. The van der Waals surface area contributed by atoms with Crippen LogP contribution in [0.25, 0.3) is 0 Å². The largest absolute Gasteiger partial charge is 0.496 e. The maximum Gasteiger partial charge on any atom is 0.234 e. The van der Waals surface area contributed by atoms with Crippen LogP contribution in [0, 0.1) is 5.82 Å². The van der Waals surface area contributed by atoms with Gasteiger partial charge in [-0.05, 0) is 18.2 Å². The van der Waals surface area contributed by atoms with Crippen LogP contribution < -0.4 is 16.2 Å². The predicted octanol–water partition coefficient (Wildman–Crippen LogP) is 0.220. The quantitative estimate of drug-likeness (QED) is 0.719. The Labute approximate surface area is 97.5 Å². The smallest absolute Gasteiger partial charge is 0.234 e. The number of primary amides is 1. The van der Waals surface area contributed by atoms with Crippen molar-refractivity contribution in [1.29, 1.82) is 0 Å². The molecule has 0 aliphatic carbocycles. The van der Waals surface area contributed by atoms with Crippen LogP contribution in [0.15, 0.2) is 18.2 Å². The summed E-state index contributed by atoms with van der Waals surface area (Å²) < 4.78 is 17.9. The molecule has 1 atom stereocenters. The lowest BCUT2D eigenvalue weighted by atomic mass is 10.0. The maximum absolute atomic E-state index is 13.0. The molecule has 0 aromatic heterocycles. The van der Waals surface area contributed by atoms with Gasteiger partial charge in [-0.15, -0.1) is 0 Å². The molecule has 6 heteroatoms. The summed E-state index contributed by atoms with van der Waals surface area (Å²) in [4.78, 5) is 22.5. The van der Waals surface area contributed by atoms with Gasteiger partial charge in [-0.3, -0.25) is 9.59 Å². The van der Waals surface area contributed by atoms with Crippen LogP contribution in [-0.2, 0) is 4.79 Å². The van der Waals surface area contributed by atoms with Crippen molar-refractivity contribution in [3.8, 4) is 5.75 Å². The molecule has 0 heterocycles. The Morgan fingerprint density at radius 3 is 2.65 bits per heavy atom. The highest BCUT2D eigenvalue weighted by atomic mass is 19.1. The summed E-state index contributed by atoms with van der Waals surface area (Å²) in [7, 11) is 1.36. The maximum atomic E-state index is 13.0. The molecular formula is C11H13FN2O3. The van der Waals surface area contributed by atoms with Gasteiger partial charge in [0.2, 0.25) is 5.91 Å². The Kier molecular flexibility index (Phi) is 4.17. The van der Waals surface area contributed by atoms with Gasteiger partial charge in [-0.25, -0.2) is 4.39 Å². The summed E-state index contributed by atoms with van der Waals surface area (Å²) in [6.45, 7) is 0. The van der Waals surface area contributed by atoms with E-state index in [0.29, 0.717) is 0 Å². The Hall–Kier alpha value is -1.95. The van der Waals surface area contributed by atoms with Crippen LogP contribution in [-0.4, -0.2) is 24.8 Å². The van der Waals surface area contributed by atoms with E-state index in [4.69, 9.17) is 16.2 Å². The average Bonchev–Trinajstić information content (AvgIpc) is 2.28. The zero-order valence-corrected chi connectivity index (χ0v) is 9.27. The van der Waals surface area contributed by atoms with Gasteiger partial charge in [0.1, 0.15) is 11.6 Å². The summed E-state index contributed by atoms with van der Waals surface area (Å²) in [5.41, 5.74) is 10.3. The van der Waals surface area contributed by atoms with Crippen LogP contribution in [0.1, 0.15) is 16.8 Å². The number of ether oxygens (including phenoxy) is 1. The van der Waals surface area contributed by atoms with Crippen molar-refractivity contribution in [2.45, 2.75) is 12.5 Å². The van der Waals surface area contributed by atoms with Gasteiger partial charge in [0.25, 0.3) is 0 Å². The van der Waals surface area contributed by atoms with Crippen molar-refractivity contribution in [1.82, 2.24) is 0 Å². The highest BCUT2D eigenvalue weighted by Gasteiger charge is 2.19. The second kappa shape index (κ2) is 5.40. The molecule has 0 saturated heterocycles. The zero-order chi connectivity index (χ0) is 13.0. The minimum atomic E-state index is -1.09. The highest BCUT2D eigenvalue weighted by molar-refractivity contribution is 6.01. The number of halogens is 1. The number of benzene rings is 1. The van der Waals surface area contributed by atoms with E-state index < -0.39 is 23.5 Å². The molecule has 4 N–H and O–H groups in total. The van der Waals surface area contributed by atoms with Crippen LogP contribution in [0.4, 0.5) is 4.39 Å². The van der Waals surface area contributed by atoms with Crippen LogP contribution in [0.3, 0.4) is 0 Å². The molecule has 0 bridgehead atoms. The number of nitrogens with two attached hydrogens (primary N) is 2. The van der Waals surface area contributed by atoms with Gasteiger partial charge in [0.15, 0.2) is 5.78 Å². The third kappa shape index (κ3) is 3.25. The van der Waals surface area contributed by atoms with Gasteiger partial charge < -0.3 is 16.2 Å². The number of Topliss-reactive ketones (excluding diaryl/α,β-unsaturated/α-hetero) is 1. The van der Waals surface area contributed by atoms with Gasteiger partial charge in [-0.2, -0.15) is 0 Å². The van der Waals surface area contributed by atoms with Crippen molar-refractivity contribution in [3.63, 3.8) is 0 Å². The number of rotatable bonds is 5. The first-order chi connectivity index (χ1) is 7.95. The summed E-state index contributed by atoms with van der Waals surface area (Å²) in [6.07, 6.45) is -0.283. The molecule has 0 aliphatic heterocycles. The Balaban J connectivity index is 2.95.